The van der Waals surface area contributed by atoms with Gasteiger partial charge in [0.25, 0.3) is 0 Å². The zero-order valence-electron chi connectivity index (χ0n) is 10.7. The molecule has 5 heteroatoms. The van der Waals surface area contributed by atoms with Crippen molar-refractivity contribution < 1.29 is 14.7 Å². The summed E-state index contributed by atoms with van der Waals surface area (Å²) in [6, 6.07) is 7.29. The first kappa shape index (κ1) is 13.5. The Morgan fingerprint density at radius 2 is 1.89 bits per heavy atom. The Bertz CT molecular complexity index is 470. The van der Waals surface area contributed by atoms with Gasteiger partial charge in [-0.3, -0.25) is 14.5 Å². The lowest BCUT2D eigenvalue weighted by Crippen LogP contribution is -2.39. The van der Waals surface area contributed by atoms with E-state index in [2.05, 4.69) is 4.90 Å². The molecule has 0 saturated carbocycles. The van der Waals surface area contributed by atoms with E-state index >= 15 is 0 Å². The van der Waals surface area contributed by atoms with Gasteiger partial charge in [0.2, 0.25) is 5.91 Å². The van der Waals surface area contributed by atoms with Crippen LogP contribution in [0, 0.1) is 0 Å². The first-order valence-electron chi connectivity index (χ1n) is 6.39. The van der Waals surface area contributed by atoms with Crippen molar-refractivity contribution in [3.63, 3.8) is 0 Å². The average molecular weight is 262 g/mol. The van der Waals surface area contributed by atoms with Gasteiger partial charge in [-0.15, -0.1) is 0 Å². The molecule has 1 aliphatic rings. The molecule has 0 radical (unpaired) electrons. The molecule has 1 aliphatic heterocycles. The zero-order chi connectivity index (χ0) is 13.8. The minimum atomic E-state index is -0.832. The molecular formula is C14H18N2O3. The largest absolute Gasteiger partial charge is 0.481 e. The lowest BCUT2D eigenvalue weighted by molar-refractivity contribution is -0.136. The standard InChI is InChI=1S/C14H18N2O3/c15-14(19)12-2-1-7-16(12)9-11-5-3-10(4-6-11)8-13(17)18/h3-6,12H,1-2,7-9H2,(H2,15,19)(H,17,18). The van der Waals surface area contributed by atoms with E-state index in [0.29, 0.717) is 6.54 Å². The SMILES string of the molecule is NC(=O)C1CCCN1Cc1ccc(CC(=O)O)cc1. The van der Waals surface area contributed by atoms with E-state index in [1.54, 1.807) is 0 Å². The van der Waals surface area contributed by atoms with Crippen LogP contribution in [0.2, 0.25) is 0 Å². The molecule has 19 heavy (non-hydrogen) atoms. The average Bonchev–Trinajstić information content (AvgIpc) is 2.79. The van der Waals surface area contributed by atoms with Crippen LogP contribution in [-0.2, 0) is 22.6 Å². The Hall–Kier alpha value is -1.88. The fraction of sp³-hybridized carbons (Fsp3) is 0.429. The quantitative estimate of drug-likeness (QED) is 0.820. The van der Waals surface area contributed by atoms with Crippen molar-refractivity contribution in [3.8, 4) is 0 Å². The number of amides is 1. The molecule has 1 unspecified atom stereocenters. The summed E-state index contributed by atoms with van der Waals surface area (Å²) in [5, 5.41) is 8.70. The Morgan fingerprint density at radius 3 is 2.47 bits per heavy atom. The number of carbonyl (C=O) groups excluding carboxylic acids is 1. The summed E-state index contributed by atoms with van der Waals surface area (Å²) in [6.45, 7) is 1.56. The van der Waals surface area contributed by atoms with Gasteiger partial charge >= 0.3 is 5.97 Å². The summed E-state index contributed by atoms with van der Waals surface area (Å²) < 4.78 is 0. The Morgan fingerprint density at radius 1 is 1.26 bits per heavy atom. The number of aliphatic carboxylic acids is 1. The molecule has 5 nitrogen and oxygen atoms in total. The maximum absolute atomic E-state index is 11.3. The summed E-state index contributed by atoms with van der Waals surface area (Å²) in [5.41, 5.74) is 7.23. The third kappa shape index (κ3) is 3.54. The molecule has 1 fully saturated rings. The first-order chi connectivity index (χ1) is 9.06. The highest BCUT2D eigenvalue weighted by atomic mass is 16.4. The Labute approximate surface area is 112 Å². The van der Waals surface area contributed by atoms with Crippen LogP contribution in [0.4, 0.5) is 0 Å². The van der Waals surface area contributed by atoms with E-state index in [4.69, 9.17) is 10.8 Å². The number of hydrogen-bond acceptors (Lipinski definition) is 3. The second-order valence-corrected chi connectivity index (χ2v) is 4.92. The van der Waals surface area contributed by atoms with E-state index in [-0.39, 0.29) is 18.4 Å². The van der Waals surface area contributed by atoms with Crippen LogP contribution in [0.5, 0.6) is 0 Å². The van der Waals surface area contributed by atoms with E-state index in [9.17, 15) is 9.59 Å². The Kier molecular flexibility index (Phi) is 4.16. The van der Waals surface area contributed by atoms with Gasteiger partial charge in [-0.1, -0.05) is 24.3 Å². The molecule has 1 aromatic carbocycles. The second-order valence-electron chi connectivity index (χ2n) is 4.92. The van der Waals surface area contributed by atoms with Gasteiger partial charge in [-0.25, -0.2) is 0 Å². The van der Waals surface area contributed by atoms with Crippen molar-refractivity contribution >= 4 is 11.9 Å². The molecule has 0 aliphatic carbocycles. The summed E-state index contributed by atoms with van der Waals surface area (Å²) in [4.78, 5) is 24.0. The molecule has 2 rings (SSSR count). The highest BCUT2D eigenvalue weighted by Crippen LogP contribution is 2.20. The number of carboxylic acids is 1. The number of hydrogen-bond donors (Lipinski definition) is 2. The number of nitrogens with two attached hydrogens (primary N) is 1. The van der Waals surface area contributed by atoms with E-state index < -0.39 is 5.97 Å². The van der Waals surface area contributed by atoms with Gasteiger partial charge in [-0.2, -0.15) is 0 Å². The lowest BCUT2D eigenvalue weighted by Gasteiger charge is -2.21. The smallest absolute Gasteiger partial charge is 0.307 e. The maximum atomic E-state index is 11.3. The topological polar surface area (TPSA) is 83.6 Å². The van der Waals surface area contributed by atoms with Crippen LogP contribution >= 0.6 is 0 Å². The molecular weight excluding hydrogens is 244 g/mol. The highest BCUT2D eigenvalue weighted by Gasteiger charge is 2.28. The van der Waals surface area contributed by atoms with Gasteiger partial charge in [-0.05, 0) is 30.5 Å². The summed E-state index contributed by atoms with van der Waals surface area (Å²) in [5.74, 6) is -1.10. The molecule has 0 spiro atoms. The molecule has 1 aromatic rings. The number of carbonyl (C=O) groups is 2. The van der Waals surface area contributed by atoms with Gasteiger partial charge in [0.1, 0.15) is 0 Å². The summed E-state index contributed by atoms with van der Waals surface area (Å²) in [6.07, 6.45) is 1.85. The number of carboxylic acid groups (broad SMARTS) is 1. The normalized spacial score (nSPS) is 19.5. The number of primary amides is 1. The number of rotatable bonds is 5. The van der Waals surface area contributed by atoms with Crippen molar-refractivity contribution in [3.05, 3.63) is 35.4 Å². The van der Waals surface area contributed by atoms with Gasteiger partial charge < -0.3 is 10.8 Å². The van der Waals surface area contributed by atoms with Crippen LogP contribution in [0.1, 0.15) is 24.0 Å². The molecule has 0 aromatic heterocycles. The zero-order valence-corrected chi connectivity index (χ0v) is 10.7. The van der Waals surface area contributed by atoms with Gasteiger partial charge in [0.15, 0.2) is 0 Å². The van der Waals surface area contributed by atoms with E-state index in [1.165, 1.54) is 0 Å². The van der Waals surface area contributed by atoms with Crippen molar-refractivity contribution in [1.82, 2.24) is 4.90 Å². The van der Waals surface area contributed by atoms with E-state index in [0.717, 1.165) is 30.5 Å². The predicted molar refractivity (Wildman–Crippen MR) is 70.4 cm³/mol. The molecule has 1 amide bonds. The van der Waals surface area contributed by atoms with Crippen molar-refractivity contribution in [2.75, 3.05) is 6.54 Å². The second kappa shape index (κ2) is 5.84. The minimum Gasteiger partial charge on any atom is -0.481 e. The summed E-state index contributed by atoms with van der Waals surface area (Å²) >= 11 is 0. The predicted octanol–water partition coefficient (Wildman–Crippen LogP) is 0.763. The third-order valence-corrected chi connectivity index (χ3v) is 3.46. The highest BCUT2D eigenvalue weighted by molar-refractivity contribution is 5.80. The van der Waals surface area contributed by atoms with E-state index in [1.807, 2.05) is 24.3 Å². The summed E-state index contributed by atoms with van der Waals surface area (Å²) in [7, 11) is 0. The van der Waals surface area contributed by atoms with Crippen molar-refractivity contribution in [1.29, 1.82) is 0 Å². The fourth-order valence-corrected chi connectivity index (χ4v) is 2.51. The lowest BCUT2D eigenvalue weighted by atomic mass is 10.1. The van der Waals surface area contributed by atoms with Crippen LogP contribution in [0.3, 0.4) is 0 Å². The molecule has 3 N–H and O–H groups in total. The monoisotopic (exact) mass is 262 g/mol. The van der Waals surface area contributed by atoms with Crippen LogP contribution in [0.25, 0.3) is 0 Å². The molecule has 1 heterocycles. The van der Waals surface area contributed by atoms with Crippen LogP contribution in [-0.4, -0.2) is 34.5 Å². The maximum Gasteiger partial charge on any atom is 0.307 e. The molecule has 1 atom stereocenters. The Balaban J connectivity index is 1.99. The van der Waals surface area contributed by atoms with Gasteiger partial charge in [0, 0.05) is 6.54 Å². The number of likely N-dealkylation sites (tertiary alicyclic amines) is 1. The first-order valence-corrected chi connectivity index (χ1v) is 6.39. The number of benzene rings is 1. The minimum absolute atomic E-state index is 0.0356. The molecule has 0 bridgehead atoms. The number of nitrogens with zero attached hydrogens (tertiary/aromatic N) is 1. The van der Waals surface area contributed by atoms with Crippen LogP contribution in [0.15, 0.2) is 24.3 Å². The third-order valence-electron chi connectivity index (χ3n) is 3.46. The van der Waals surface area contributed by atoms with Crippen LogP contribution < -0.4 is 5.73 Å². The molecule has 102 valence electrons. The van der Waals surface area contributed by atoms with Crippen molar-refractivity contribution in [2.45, 2.75) is 31.8 Å². The van der Waals surface area contributed by atoms with Gasteiger partial charge in [0.05, 0.1) is 12.5 Å². The fourth-order valence-electron chi connectivity index (χ4n) is 2.51. The van der Waals surface area contributed by atoms with Crippen molar-refractivity contribution in [2.24, 2.45) is 5.73 Å². The molecule has 1 saturated heterocycles.